The summed E-state index contributed by atoms with van der Waals surface area (Å²) < 4.78 is 0. The van der Waals surface area contributed by atoms with E-state index in [1.54, 1.807) is 12.1 Å². The van der Waals surface area contributed by atoms with Crippen molar-refractivity contribution in [1.29, 1.82) is 0 Å². The van der Waals surface area contributed by atoms with E-state index in [4.69, 9.17) is 14.7 Å². The molecule has 0 saturated carbocycles. The van der Waals surface area contributed by atoms with E-state index in [-0.39, 0.29) is 0 Å². The Hall–Kier alpha value is -0.870. The molecular formula is C7H8NO4PS. The molecule has 7 heteroatoms. The highest BCUT2D eigenvalue weighted by Gasteiger charge is 1.92. The average Bonchev–Trinajstić information content (AvgIpc) is 2.03. The lowest BCUT2D eigenvalue weighted by Crippen LogP contribution is -1.65. The van der Waals surface area contributed by atoms with Crippen LogP contribution >= 0.6 is 6.72 Å². The summed E-state index contributed by atoms with van der Waals surface area (Å²) >= 11 is 3.60. The normalized spacial score (nSPS) is 9.36. The van der Waals surface area contributed by atoms with Crippen molar-refractivity contribution in [2.75, 3.05) is 0 Å². The lowest BCUT2D eigenvalue weighted by atomic mass is 10.3. The third-order valence-electron chi connectivity index (χ3n) is 0.931. The minimum atomic E-state index is -3.81. The van der Waals surface area contributed by atoms with Crippen molar-refractivity contribution in [2.24, 2.45) is 4.99 Å². The first-order valence-corrected chi connectivity index (χ1v) is 6.01. The number of rotatable bonds is 1. The number of benzene rings is 1. The maximum absolute atomic E-state index is 9.68. The molecule has 0 aliphatic heterocycles. The Kier molecular flexibility index (Phi) is 6.16. The summed E-state index contributed by atoms with van der Waals surface area (Å²) in [5, 5.41) is 0. The highest BCUT2D eigenvalue weighted by atomic mass is 32.5. The van der Waals surface area contributed by atoms with Gasteiger partial charge in [-0.15, -0.1) is 0 Å². The summed E-state index contributed by atoms with van der Waals surface area (Å²) in [7, 11) is 0. The fraction of sp³-hybridized carbons (Fsp3) is 0. The maximum Gasteiger partial charge on any atom is 0.319 e. The van der Waals surface area contributed by atoms with Gasteiger partial charge >= 0.3 is 6.72 Å². The molecule has 0 fully saturated rings. The van der Waals surface area contributed by atoms with Crippen LogP contribution < -0.4 is 0 Å². The first-order valence-electron chi connectivity index (χ1n) is 3.34. The zero-order valence-corrected chi connectivity index (χ0v) is 8.65. The number of hydrogen-bond donors (Lipinski definition) is 3. The van der Waals surface area contributed by atoms with Gasteiger partial charge < -0.3 is 14.7 Å². The quantitative estimate of drug-likeness (QED) is 0.380. The number of aliphatic imine (C=N–C) groups is 1. The molecule has 0 unspecified atom stereocenters. The van der Waals surface area contributed by atoms with E-state index in [2.05, 4.69) is 16.8 Å². The smallest absolute Gasteiger partial charge is 0.319 e. The predicted molar refractivity (Wildman–Crippen MR) is 55.2 cm³/mol. The predicted octanol–water partition coefficient (Wildman–Crippen LogP) is 0.842. The summed E-state index contributed by atoms with van der Waals surface area (Å²) in [4.78, 5) is 35.8. The Morgan fingerprint density at radius 1 is 1.21 bits per heavy atom. The van der Waals surface area contributed by atoms with Crippen LogP contribution in [0, 0.1) is 0 Å². The molecule has 0 aromatic heterocycles. The first-order chi connectivity index (χ1) is 6.43. The van der Waals surface area contributed by atoms with Crippen LogP contribution in [0.4, 0.5) is 5.69 Å². The summed E-state index contributed by atoms with van der Waals surface area (Å²) in [5.74, 6) is 0. The molecule has 0 aliphatic rings. The lowest BCUT2D eigenvalue weighted by molar-refractivity contribution is 0.363. The largest absolute Gasteiger partial charge is 0.325 e. The molecule has 14 heavy (non-hydrogen) atoms. The van der Waals surface area contributed by atoms with Crippen molar-refractivity contribution in [1.82, 2.24) is 0 Å². The second-order valence-electron chi connectivity index (χ2n) is 2.05. The topological polar surface area (TPSA) is 90.1 Å². The highest BCUT2D eigenvalue weighted by Crippen LogP contribution is 2.26. The van der Waals surface area contributed by atoms with E-state index in [0.717, 1.165) is 0 Å². The van der Waals surface area contributed by atoms with Gasteiger partial charge in [0.05, 0.1) is 5.69 Å². The fourth-order valence-corrected chi connectivity index (χ4v) is 0.555. The first kappa shape index (κ1) is 13.1. The number of carbonyl (C=O) groups excluding carboxylic acids is 1. The molecule has 1 aromatic rings. The highest BCUT2D eigenvalue weighted by molar-refractivity contribution is 8.06. The molecule has 76 valence electrons. The van der Waals surface area contributed by atoms with E-state index < -0.39 is 6.72 Å². The van der Waals surface area contributed by atoms with Gasteiger partial charge in [0.1, 0.15) is 0 Å². The molecule has 3 N–H and O–H groups in total. The molecular weight excluding hydrogens is 225 g/mol. The molecule has 0 aliphatic carbocycles. The van der Waals surface area contributed by atoms with Gasteiger partial charge in [0.25, 0.3) is 0 Å². The van der Waals surface area contributed by atoms with Crippen LogP contribution in [0.1, 0.15) is 0 Å². The standard InChI is InChI=1S/C7H5NO.H3O3PS/c9-6-8-7-4-2-1-3-5-7;1-4(2,3)5/h1-5H;(H3,1,2,3,5). The van der Waals surface area contributed by atoms with Crippen molar-refractivity contribution in [3.05, 3.63) is 30.3 Å². The van der Waals surface area contributed by atoms with Crippen LogP contribution in [0.25, 0.3) is 0 Å². The average molecular weight is 233 g/mol. The third kappa shape index (κ3) is 11.1. The third-order valence-corrected chi connectivity index (χ3v) is 0.931. The Labute approximate surface area is 85.6 Å². The van der Waals surface area contributed by atoms with Gasteiger partial charge in [0.2, 0.25) is 6.08 Å². The Balaban J connectivity index is 0.000000292. The van der Waals surface area contributed by atoms with E-state index in [0.29, 0.717) is 5.69 Å². The SMILES string of the molecule is O=C=Nc1ccccc1.OP(O)(O)=S. The van der Waals surface area contributed by atoms with Crippen LogP contribution in [0.2, 0.25) is 0 Å². The molecule has 1 rings (SSSR count). The van der Waals surface area contributed by atoms with Crippen molar-refractivity contribution < 1.29 is 19.5 Å². The van der Waals surface area contributed by atoms with Crippen molar-refractivity contribution in [3.63, 3.8) is 0 Å². The summed E-state index contributed by atoms with van der Waals surface area (Å²) in [6.07, 6.45) is 1.46. The Morgan fingerprint density at radius 3 is 2.00 bits per heavy atom. The fourth-order valence-electron chi connectivity index (χ4n) is 0.555. The molecule has 0 amide bonds. The molecule has 0 atom stereocenters. The molecule has 1 aromatic carbocycles. The van der Waals surface area contributed by atoms with Gasteiger partial charge in [0.15, 0.2) is 0 Å². The van der Waals surface area contributed by atoms with Crippen molar-refractivity contribution in [3.8, 4) is 0 Å². The summed E-state index contributed by atoms with van der Waals surface area (Å²) in [6.45, 7) is -3.81. The second kappa shape index (κ2) is 6.56. The van der Waals surface area contributed by atoms with E-state index in [1.165, 1.54) is 6.08 Å². The Bertz CT molecular complexity index is 349. The van der Waals surface area contributed by atoms with Crippen LogP contribution in [0.15, 0.2) is 35.3 Å². The summed E-state index contributed by atoms with van der Waals surface area (Å²) in [5.41, 5.74) is 0.646. The Morgan fingerprint density at radius 2 is 1.64 bits per heavy atom. The van der Waals surface area contributed by atoms with Gasteiger partial charge in [-0.05, 0) is 23.9 Å². The number of hydrogen-bond acceptors (Lipinski definition) is 3. The minimum Gasteiger partial charge on any atom is -0.325 e. The van der Waals surface area contributed by atoms with Gasteiger partial charge in [-0.3, -0.25) is 0 Å². The zero-order valence-electron chi connectivity index (χ0n) is 6.94. The van der Waals surface area contributed by atoms with Gasteiger partial charge in [-0.1, -0.05) is 18.2 Å². The van der Waals surface area contributed by atoms with Crippen molar-refractivity contribution in [2.45, 2.75) is 0 Å². The van der Waals surface area contributed by atoms with Crippen molar-refractivity contribution >= 4 is 30.3 Å². The zero-order chi connectivity index (χ0) is 11.0. The van der Waals surface area contributed by atoms with Crippen LogP contribution in [0.3, 0.4) is 0 Å². The molecule has 0 radical (unpaired) electrons. The molecule has 0 bridgehead atoms. The van der Waals surface area contributed by atoms with E-state index >= 15 is 0 Å². The molecule has 0 saturated heterocycles. The van der Waals surface area contributed by atoms with Crippen LogP contribution in [-0.2, 0) is 16.6 Å². The number of para-hydroxylation sites is 1. The van der Waals surface area contributed by atoms with Crippen LogP contribution in [-0.4, -0.2) is 20.8 Å². The lowest BCUT2D eigenvalue weighted by Gasteiger charge is -1.88. The van der Waals surface area contributed by atoms with Gasteiger partial charge in [-0.25, -0.2) is 4.79 Å². The van der Waals surface area contributed by atoms with Gasteiger partial charge in [-0.2, -0.15) is 4.99 Å². The van der Waals surface area contributed by atoms with Crippen LogP contribution in [0.5, 0.6) is 0 Å². The summed E-state index contributed by atoms with van der Waals surface area (Å²) in [6, 6.07) is 8.98. The molecule has 0 spiro atoms. The molecule has 0 heterocycles. The monoisotopic (exact) mass is 233 g/mol. The maximum atomic E-state index is 9.68. The second-order valence-corrected chi connectivity index (χ2v) is 4.55. The van der Waals surface area contributed by atoms with E-state index in [1.807, 2.05) is 18.2 Å². The van der Waals surface area contributed by atoms with E-state index in [9.17, 15) is 4.79 Å². The minimum absolute atomic E-state index is 0.646. The number of nitrogens with zero attached hydrogens (tertiary/aromatic N) is 1. The number of isocyanates is 1. The molecule has 5 nitrogen and oxygen atoms in total. The van der Waals surface area contributed by atoms with Gasteiger partial charge in [0, 0.05) is 0 Å².